The molecule has 0 bridgehead atoms. The predicted octanol–water partition coefficient (Wildman–Crippen LogP) is 0.105. The zero-order valence-corrected chi connectivity index (χ0v) is 8.77. The number of nitrogens with zero attached hydrogens (tertiary/aromatic N) is 2. The molecule has 0 fully saturated rings. The molecule has 13 heavy (non-hydrogen) atoms. The van der Waals surface area contributed by atoms with Gasteiger partial charge in [0.15, 0.2) is 5.11 Å². The Balaban J connectivity index is 2.71. The number of nitrogens with two attached hydrogens (primary N) is 1. The van der Waals surface area contributed by atoms with Gasteiger partial charge in [-0.1, -0.05) is 0 Å². The SMILES string of the molecule is CC1(C)C(N)=NC(=S)N1CCCO. The maximum atomic E-state index is 8.71. The van der Waals surface area contributed by atoms with Gasteiger partial charge in [-0.25, -0.2) is 4.99 Å². The molecule has 0 radical (unpaired) electrons. The Morgan fingerprint density at radius 2 is 2.23 bits per heavy atom. The number of thiocarbonyl (C=S) groups is 1. The van der Waals surface area contributed by atoms with Crippen LogP contribution in [0.3, 0.4) is 0 Å². The minimum absolute atomic E-state index is 0.162. The first kappa shape index (κ1) is 10.4. The van der Waals surface area contributed by atoms with Crippen molar-refractivity contribution in [1.82, 2.24) is 4.90 Å². The monoisotopic (exact) mass is 201 g/mol. The fraction of sp³-hybridized carbons (Fsp3) is 0.750. The van der Waals surface area contributed by atoms with Crippen LogP contribution in [0.2, 0.25) is 0 Å². The van der Waals surface area contributed by atoms with Gasteiger partial charge < -0.3 is 15.7 Å². The largest absolute Gasteiger partial charge is 0.396 e. The highest BCUT2D eigenvalue weighted by atomic mass is 32.1. The maximum absolute atomic E-state index is 8.71. The number of aliphatic hydroxyl groups excluding tert-OH is 1. The van der Waals surface area contributed by atoms with E-state index in [4.69, 9.17) is 23.1 Å². The molecule has 0 saturated heterocycles. The molecule has 0 spiro atoms. The van der Waals surface area contributed by atoms with E-state index in [0.29, 0.717) is 23.9 Å². The van der Waals surface area contributed by atoms with Crippen molar-refractivity contribution < 1.29 is 5.11 Å². The second-order valence-electron chi connectivity index (χ2n) is 3.57. The summed E-state index contributed by atoms with van der Waals surface area (Å²) in [6, 6.07) is 0. The molecule has 5 heteroatoms. The van der Waals surface area contributed by atoms with Crippen molar-refractivity contribution in [2.24, 2.45) is 10.7 Å². The number of amidine groups is 1. The van der Waals surface area contributed by atoms with Gasteiger partial charge in [0.2, 0.25) is 0 Å². The summed E-state index contributed by atoms with van der Waals surface area (Å²) in [6.45, 7) is 4.81. The van der Waals surface area contributed by atoms with Crippen molar-refractivity contribution in [3.63, 3.8) is 0 Å². The Morgan fingerprint density at radius 3 is 2.62 bits per heavy atom. The summed E-state index contributed by atoms with van der Waals surface area (Å²) in [6.07, 6.45) is 0.687. The van der Waals surface area contributed by atoms with E-state index in [2.05, 4.69) is 4.99 Å². The van der Waals surface area contributed by atoms with Crippen molar-refractivity contribution >= 4 is 23.2 Å². The third kappa shape index (κ3) is 1.81. The van der Waals surface area contributed by atoms with Gasteiger partial charge in [0.25, 0.3) is 0 Å². The van der Waals surface area contributed by atoms with Crippen LogP contribution in [-0.4, -0.2) is 39.6 Å². The molecule has 4 nitrogen and oxygen atoms in total. The molecule has 1 rings (SSSR count). The summed E-state index contributed by atoms with van der Waals surface area (Å²) < 4.78 is 0. The molecule has 0 saturated carbocycles. The Bertz CT molecular complexity index is 250. The highest BCUT2D eigenvalue weighted by molar-refractivity contribution is 7.80. The predicted molar refractivity (Wildman–Crippen MR) is 56.7 cm³/mol. The van der Waals surface area contributed by atoms with Crippen LogP contribution in [-0.2, 0) is 0 Å². The van der Waals surface area contributed by atoms with Crippen LogP contribution < -0.4 is 5.73 Å². The average molecular weight is 201 g/mol. The van der Waals surface area contributed by atoms with Crippen LogP contribution in [0.25, 0.3) is 0 Å². The fourth-order valence-corrected chi connectivity index (χ4v) is 1.70. The van der Waals surface area contributed by atoms with Crippen LogP contribution in [0, 0.1) is 0 Å². The van der Waals surface area contributed by atoms with E-state index < -0.39 is 0 Å². The molecule has 3 N–H and O–H groups in total. The van der Waals surface area contributed by atoms with Gasteiger partial charge in [-0.15, -0.1) is 0 Å². The Morgan fingerprint density at radius 1 is 1.62 bits per heavy atom. The summed E-state index contributed by atoms with van der Waals surface area (Å²) in [5, 5.41) is 9.23. The van der Waals surface area contributed by atoms with Crippen molar-refractivity contribution in [2.45, 2.75) is 25.8 Å². The van der Waals surface area contributed by atoms with Gasteiger partial charge in [-0.3, -0.25) is 0 Å². The fourth-order valence-electron chi connectivity index (χ4n) is 1.28. The third-order valence-corrected chi connectivity index (χ3v) is 2.60. The van der Waals surface area contributed by atoms with E-state index in [1.807, 2.05) is 18.7 Å². The Hall–Kier alpha value is -0.680. The molecule has 1 aliphatic heterocycles. The quantitative estimate of drug-likeness (QED) is 0.636. The molecule has 74 valence electrons. The zero-order valence-electron chi connectivity index (χ0n) is 7.95. The molecule has 0 aromatic rings. The lowest BCUT2D eigenvalue weighted by molar-refractivity contribution is 0.241. The van der Waals surface area contributed by atoms with Gasteiger partial charge in [0.1, 0.15) is 5.84 Å². The second kappa shape index (κ2) is 3.59. The van der Waals surface area contributed by atoms with Crippen LogP contribution in [0.4, 0.5) is 0 Å². The minimum Gasteiger partial charge on any atom is -0.396 e. The van der Waals surface area contributed by atoms with E-state index in [9.17, 15) is 0 Å². The lowest BCUT2D eigenvalue weighted by Crippen LogP contribution is -2.49. The maximum Gasteiger partial charge on any atom is 0.197 e. The van der Waals surface area contributed by atoms with E-state index in [1.54, 1.807) is 0 Å². The number of aliphatic hydroxyl groups is 1. The highest BCUT2D eigenvalue weighted by Gasteiger charge is 2.37. The van der Waals surface area contributed by atoms with Gasteiger partial charge >= 0.3 is 0 Å². The van der Waals surface area contributed by atoms with Crippen molar-refractivity contribution in [1.29, 1.82) is 0 Å². The molecule has 0 aliphatic carbocycles. The molecular formula is C8H15N3OS. The smallest absolute Gasteiger partial charge is 0.197 e. The summed E-state index contributed by atoms with van der Waals surface area (Å²) in [7, 11) is 0. The van der Waals surface area contributed by atoms with E-state index in [1.165, 1.54) is 0 Å². The number of hydrogen-bond acceptors (Lipinski definition) is 3. The van der Waals surface area contributed by atoms with Gasteiger partial charge in [0.05, 0.1) is 5.54 Å². The molecule has 0 atom stereocenters. The summed E-state index contributed by atoms with van der Waals surface area (Å²) >= 11 is 5.06. The molecule has 0 amide bonds. The van der Waals surface area contributed by atoms with E-state index >= 15 is 0 Å². The first-order chi connectivity index (χ1) is 6.00. The molecular weight excluding hydrogens is 186 g/mol. The highest BCUT2D eigenvalue weighted by Crippen LogP contribution is 2.22. The molecule has 0 aromatic carbocycles. The molecule has 0 unspecified atom stereocenters. The number of rotatable bonds is 3. The zero-order chi connectivity index (χ0) is 10.1. The molecule has 1 aliphatic rings. The van der Waals surface area contributed by atoms with Crippen molar-refractivity contribution in [3.05, 3.63) is 0 Å². The standard InChI is InChI=1S/C8H15N3OS/c1-8(2)6(9)10-7(13)11(8)4-3-5-12/h12H,3-5H2,1-2H3,(H2,9,10,13). The summed E-state index contributed by atoms with van der Waals surface area (Å²) in [5.74, 6) is 0.551. The minimum atomic E-state index is -0.299. The van der Waals surface area contributed by atoms with Crippen molar-refractivity contribution in [3.8, 4) is 0 Å². The average Bonchev–Trinajstić information content (AvgIpc) is 2.21. The van der Waals surface area contributed by atoms with Crippen LogP contribution in [0.1, 0.15) is 20.3 Å². The van der Waals surface area contributed by atoms with E-state index in [0.717, 1.165) is 0 Å². The normalized spacial score (nSPS) is 20.7. The Kier molecular flexibility index (Phi) is 2.87. The van der Waals surface area contributed by atoms with E-state index in [-0.39, 0.29) is 12.1 Å². The number of hydrogen-bond donors (Lipinski definition) is 2. The Labute approximate surface area is 83.4 Å². The second-order valence-corrected chi connectivity index (χ2v) is 3.93. The first-order valence-electron chi connectivity index (χ1n) is 4.27. The first-order valence-corrected chi connectivity index (χ1v) is 4.68. The lowest BCUT2D eigenvalue weighted by atomic mass is 10.0. The third-order valence-electron chi connectivity index (χ3n) is 2.29. The summed E-state index contributed by atoms with van der Waals surface area (Å²) in [5.41, 5.74) is 5.42. The van der Waals surface area contributed by atoms with Gasteiger partial charge in [0, 0.05) is 13.2 Å². The van der Waals surface area contributed by atoms with Gasteiger partial charge in [-0.05, 0) is 32.5 Å². The summed E-state index contributed by atoms with van der Waals surface area (Å²) in [4.78, 5) is 5.98. The van der Waals surface area contributed by atoms with Gasteiger partial charge in [-0.2, -0.15) is 0 Å². The number of aliphatic imine (C=N–C) groups is 1. The molecule has 1 heterocycles. The van der Waals surface area contributed by atoms with Crippen LogP contribution in [0.5, 0.6) is 0 Å². The van der Waals surface area contributed by atoms with Crippen molar-refractivity contribution in [2.75, 3.05) is 13.2 Å². The lowest BCUT2D eigenvalue weighted by Gasteiger charge is -2.32. The van der Waals surface area contributed by atoms with Crippen LogP contribution in [0.15, 0.2) is 4.99 Å². The van der Waals surface area contributed by atoms with Crippen LogP contribution >= 0.6 is 12.2 Å². The topological polar surface area (TPSA) is 61.8 Å². The molecule has 0 aromatic heterocycles.